The van der Waals surface area contributed by atoms with Crippen molar-refractivity contribution in [1.29, 1.82) is 0 Å². The third-order valence-electron chi connectivity index (χ3n) is 2.28. The molecule has 0 bridgehead atoms. The standard InChI is InChI=1S/C11H12Cl2N4/c12-8-5-7(14)6-9(13)11(8)17-2-1-10-15-3-4-16-10/h3-6,17H,1-2,14H2,(H,15,16). The first-order chi connectivity index (χ1) is 8.16. The third kappa shape index (κ3) is 3.05. The number of H-pyrrole nitrogens is 1. The highest BCUT2D eigenvalue weighted by atomic mass is 35.5. The molecule has 1 aromatic heterocycles. The second-order valence-electron chi connectivity index (χ2n) is 3.57. The van der Waals surface area contributed by atoms with Crippen LogP contribution in [0.4, 0.5) is 11.4 Å². The highest BCUT2D eigenvalue weighted by Crippen LogP contribution is 2.32. The van der Waals surface area contributed by atoms with Gasteiger partial charge >= 0.3 is 0 Å². The molecule has 0 amide bonds. The highest BCUT2D eigenvalue weighted by Gasteiger charge is 2.06. The van der Waals surface area contributed by atoms with Crippen LogP contribution in [-0.4, -0.2) is 16.5 Å². The zero-order valence-electron chi connectivity index (χ0n) is 9.00. The number of halogens is 2. The second kappa shape index (κ2) is 5.29. The van der Waals surface area contributed by atoms with E-state index in [0.29, 0.717) is 28.0 Å². The number of nitrogen functional groups attached to an aromatic ring is 1. The molecular formula is C11H12Cl2N4. The Morgan fingerprint density at radius 3 is 2.59 bits per heavy atom. The number of anilines is 2. The molecule has 2 rings (SSSR count). The summed E-state index contributed by atoms with van der Waals surface area (Å²) in [6.07, 6.45) is 4.28. The molecule has 0 aliphatic heterocycles. The van der Waals surface area contributed by atoms with E-state index < -0.39 is 0 Å². The monoisotopic (exact) mass is 270 g/mol. The molecule has 0 radical (unpaired) electrons. The highest BCUT2D eigenvalue weighted by molar-refractivity contribution is 6.39. The summed E-state index contributed by atoms with van der Waals surface area (Å²) in [5, 5.41) is 4.21. The number of nitrogens with one attached hydrogen (secondary N) is 2. The minimum atomic E-state index is 0.523. The van der Waals surface area contributed by atoms with E-state index in [1.807, 2.05) is 0 Å². The summed E-state index contributed by atoms with van der Waals surface area (Å²) in [5.74, 6) is 0.917. The van der Waals surface area contributed by atoms with Gasteiger partial charge in [-0.05, 0) is 12.1 Å². The fourth-order valence-electron chi connectivity index (χ4n) is 1.50. The maximum absolute atomic E-state index is 6.05. The van der Waals surface area contributed by atoms with Crippen molar-refractivity contribution in [3.8, 4) is 0 Å². The van der Waals surface area contributed by atoms with Gasteiger partial charge < -0.3 is 16.0 Å². The molecule has 2 aromatic rings. The van der Waals surface area contributed by atoms with Crippen LogP contribution >= 0.6 is 23.2 Å². The first-order valence-electron chi connectivity index (χ1n) is 5.13. The van der Waals surface area contributed by atoms with Gasteiger partial charge in [-0.15, -0.1) is 0 Å². The Morgan fingerprint density at radius 1 is 1.29 bits per heavy atom. The van der Waals surface area contributed by atoms with Gasteiger partial charge in [0.1, 0.15) is 5.82 Å². The summed E-state index contributed by atoms with van der Waals surface area (Å²) < 4.78 is 0. The predicted octanol–water partition coefficient (Wildman–Crippen LogP) is 2.95. The van der Waals surface area contributed by atoms with E-state index in [9.17, 15) is 0 Å². The molecule has 0 saturated carbocycles. The first kappa shape index (κ1) is 12.1. The predicted molar refractivity (Wildman–Crippen MR) is 71.7 cm³/mol. The van der Waals surface area contributed by atoms with Gasteiger partial charge in [0, 0.05) is 31.0 Å². The molecule has 0 unspecified atom stereocenters. The van der Waals surface area contributed by atoms with Gasteiger partial charge in [0.25, 0.3) is 0 Å². The molecule has 0 fully saturated rings. The maximum atomic E-state index is 6.05. The topological polar surface area (TPSA) is 66.7 Å². The first-order valence-corrected chi connectivity index (χ1v) is 5.89. The smallest absolute Gasteiger partial charge is 0.107 e. The van der Waals surface area contributed by atoms with Crippen LogP contribution < -0.4 is 11.1 Å². The average molecular weight is 271 g/mol. The van der Waals surface area contributed by atoms with Gasteiger partial charge in [-0.25, -0.2) is 4.98 Å². The minimum absolute atomic E-state index is 0.523. The number of hydrogen-bond donors (Lipinski definition) is 3. The molecule has 17 heavy (non-hydrogen) atoms. The van der Waals surface area contributed by atoms with Gasteiger partial charge in [0.05, 0.1) is 15.7 Å². The fourth-order valence-corrected chi connectivity index (χ4v) is 2.14. The van der Waals surface area contributed by atoms with Crippen molar-refractivity contribution in [2.24, 2.45) is 0 Å². The van der Waals surface area contributed by atoms with Crippen molar-refractivity contribution in [2.45, 2.75) is 6.42 Å². The van der Waals surface area contributed by atoms with E-state index in [-0.39, 0.29) is 0 Å². The molecule has 0 spiro atoms. The molecule has 0 saturated heterocycles. The van der Waals surface area contributed by atoms with Crippen molar-refractivity contribution in [3.63, 3.8) is 0 Å². The number of benzene rings is 1. The molecule has 4 nitrogen and oxygen atoms in total. The maximum Gasteiger partial charge on any atom is 0.107 e. The molecule has 0 aliphatic carbocycles. The molecule has 1 aromatic carbocycles. The van der Waals surface area contributed by atoms with E-state index in [1.54, 1.807) is 24.5 Å². The Balaban J connectivity index is 1.99. The third-order valence-corrected chi connectivity index (χ3v) is 2.88. The van der Waals surface area contributed by atoms with E-state index in [0.717, 1.165) is 12.2 Å². The summed E-state index contributed by atoms with van der Waals surface area (Å²) in [7, 11) is 0. The lowest BCUT2D eigenvalue weighted by Crippen LogP contribution is -2.07. The number of nitrogens with two attached hydrogens (primary N) is 1. The number of hydrogen-bond acceptors (Lipinski definition) is 3. The van der Waals surface area contributed by atoms with Crippen LogP contribution in [0.1, 0.15) is 5.82 Å². The average Bonchev–Trinajstić information content (AvgIpc) is 2.74. The number of nitrogens with zero attached hydrogens (tertiary/aromatic N) is 1. The largest absolute Gasteiger partial charge is 0.399 e. The van der Waals surface area contributed by atoms with Crippen molar-refractivity contribution in [3.05, 3.63) is 40.4 Å². The number of aromatic nitrogens is 2. The van der Waals surface area contributed by atoms with Crippen LogP contribution in [-0.2, 0) is 6.42 Å². The molecular weight excluding hydrogens is 259 g/mol. The molecule has 0 aliphatic rings. The molecule has 1 heterocycles. The van der Waals surface area contributed by atoms with Crippen LogP contribution in [0.15, 0.2) is 24.5 Å². The Labute approximate surface area is 109 Å². The Bertz CT molecular complexity index is 473. The van der Waals surface area contributed by atoms with E-state index in [2.05, 4.69) is 15.3 Å². The summed E-state index contributed by atoms with van der Waals surface area (Å²) in [6.45, 7) is 0.691. The number of imidazole rings is 1. The van der Waals surface area contributed by atoms with Gasteiger partial charge in [0.2, 0.25) is 0 Å². The lowest BCUT2D eigenvalue weighted by molar-refractivity contribution is 0.927. The van der Waals surface area contributed by atoms with Crippen LogP contribution in [0.3, 0.4) is 0 Å². The molecule has 90 valence electrons. The SMILES string of the molecule is Nc1cc(Cl)c(NCCc2ncc[nH]2)c(Cl)c1. The van der Waals surface area contributed by atoms with Gasteiger partial charge in [-0.2, -0.15) is 0 Å². The van der Waals surface area contributed by atoms with Crippen LogP contribution in [0.25, 0.3) is 0 Å². The van der Waals surface area contributed by atoms with Crippen LogP contribution in [0.2, 0.25) is 10.0 Å². The zero-order chi connectivity index (χ0) is 12.3. The molecule has 6 heteroatoms. The zero-order valence-corrected chi connectivity index (χ0v) is 10.5. The molecule has 0 atom stereocenters. The fraction of sp³-hybridized carbons (Fsp3) is 0.182. The van der Waals surface area contributed by atoms with Crippen LogP contribution in [0.5, 0.6) is 0 Å². The van der Waals surface area contributed by atoms with Crippen molar-refractivity contribution in [1.82, 2.24) is 9.97 Å². The van der Waals surface area contributed by atoms with Gasteiger partial charge in [-0.3, -0.25) is 0 Å². The normalized spacial score (nSPS) is 10.5. The molecule has 4 N–H and O–H groups in total. The van der Waals surface area contributed by atoms with E-state index in [4.69, 9.17) is 28.9 Å². The minimum Gasteiger partial charge on any atom is -0.399 e. The summed E-state index contributed by atoms with van der Waals surface area (Å²) in [4.78, 5) is 7.15. The van der Waals surface area contributed by atoms with E-state index in [1.165, 1.54) is 0 Å². The Hall–Kier alpha value is -1.39. The Morgan fingerprint density at radius 2 is 2.00 bits per heavy atom. The van der Waals surface area contributed by atoms with Crippen molar-refractivity contribution in [2.75, 3.05) is 17.6 Å². The van der Waals surface area contributed by atoms with Crippen molar-refractivity contribution < 1.29 is 0 Å². The lowest BCUT2D eigenvalue weighted by atomic mass is 10.2. The van der Waals surface area contributed by atoms with E-state index >= 15 is 0 Å². The van der Waals surface area contributed by atoms with Gasteiger partial charge in [0.15, 0.2) is 0 Å². The quantitative estimate of drug-likeness (QED) is 0.749. The van der Waals surface area contributed by atoms with Gasteiger partial charge in [-0.1, -0.05) is 23.2 Å². The second-order valence-corrected chi connectivity index (χ2v) is 4.39. The Kier molecular flexibility index (Phi) is 3.76. The van der Waals surface area contributed by atoms with Crippen LogP contribution in [0, 0.1) is 0 Å². The summed E-state index contributed by atoms with van der Waals surface area (Å²) in [6, 6.07) is 3.34. The summed E-state index contributed by atoms with van der Waals surface area (Å²) in [5.41, 5.74) is 6.88. The number of aromatic amines is 1. The summed E-state index contributed by atoms with van der Waals surface area (Å²) >= 11 is 12.1. The van der Waals surface area contributed by atoms with Crippen molar-refractivity contribution >= 4 is 34.6 Å². The lowest BCUT2D eigenvalue weighted by Gasteiger charge is -2.10. The number of rotatable bonds is 4.